The number of carbonyl (C=O) groups is 1. The average molecular weight is 194 g/mol. The Hall–Kier alpha value is -1.19. The Labute approximate surface area is 83.3 Å². The van der Waals surface area contributed by atoms with Gasteiger partial charge in [-0.05, 0) is 11.1 Å². The Morgan fingerprint density at radius 2 is 2.36 bits per heavy atom. The summed E-state index contributed by atoms with van der Waals surface area (Å²) in [4.78, 5) is 10.2. The van der Waals surface area contributed by atoms with Crippen LogP contribution >= 0.6 is 0 Å². The monoisotopic (exact) mass is 194 g/mol. The lowest BCUT2D eigenvalue weighted by Crippen LogP contribution is -1.99. The molecule has 0 saturated carbocycles. The minimum atomic E-state index is -0.704. The Bertz CT molecular complexity index is 296. The average Bonchev–Trinajstić information content (AvgIpc) is 2.19. The Morgan fingerprint density at radius 3 is 3.00 bits per heavy atom. The van der Waals surface area contributed by atoms with E-state index in [0.717, 1.165) is 11.1 Å². The van der Waals surface area contributed by atoms with E-state index in [1.165, 1.54) is 0 Å². The molecule has 76 valence electrons. The summed E-state index contributed by atoms with van der Waals surface area (Å²) in [6.45, 7) is 0.516. The second kappa shape index (κ2) is 5.52. The molecular formula is C11H14O3. The van der Waals surface area contributed by atoms with Crippen molar-refractivity contribution in [3.8, 4) is 0 Å². The molecule has 0 radical (unpaired) electrons. The molecule has 0 aliphatic heterocycles. The number of ether oxygens (including phenoxy) is 1. The highest BCUT2D eigenvalue weighted by Gasteiger charge is 2.06. The van der Waals surface area contributed by atoms with Gasteiger partial charge in [0.1, 0.15) is 6.29 Å². The maximum atomic E-state index is 10.2. The molecule has 0 aromatic heterocycles. The van der Waals surface area contributed by atoms with Gasteiger partial charge in [0.2, 0.25) is 0 Å². The first kappa shape index (κ1) is 10.9. The second-order valence-electron chi connectivity index (χ2n) is 3.10. The van der Waals surface area contributed by atoms with E-state index in [4.69, 9.17) is 4.74 Å². The highest BCUT2D eigenvalue weighted by molar-refractivity contribution is 5.51. The van der Waals surface area contributed by atoms with Gasteiger partial charge in [-0.1, -0.05) is 24.3 Å². The lowest BCUT2D eigenvalue weighted by molar-refractivity contribution is -0.109. The van der Waals surface area contributed by atoms with E-state index in [9.17, 15) is 9.90 Å². The minimum Gasteiger partial charge on any atom is -0.388 e. The Balaban J connectivity index is 2.76. The number of carbonyl (C=O) groups excluding carboxylic acids is 1. The second-order valence-corrected chi connectivity index (χ2v) is 3.10. The maximum Gasteiger partial charge on any atom is 0.122 e. The van der Waals surface area contributed by atoms with Crippen LogP contribution in [0.5, 0.6) is 0 Å². The number of benzene rings is 1. The Morgan fingerprint density at radius 1 is 1.57 bits per heavy atom. The number of hydrogen-bond donors (Lipinski definition) is 1. The van der Waals surface area contributed by atoms with Crippen LogP contribution in [-0.2, 0) is 16.1 Å². The van der Waals surface area contributed by atoms with Gasteiger partial charge in [0.15, 0.2) is 0 Å². The van der Waals surface area contributed by atoms with Crippen molar-refractivity contribution in [1.29, 1.82) is 0 Å². The fraction of sp³-hybridized carbons (Fsp3) is 0.364. The fourth-order valence-corrected chi connectivity index (χ4v) is 1.28. The van der Waals surface area contributed by atoms with Crippen molar-refractivity contribution in [2.24, 2.45) is 0 Å². The molecule has 0 aliphatic rings. The zero-order valence-electron chi connectivity index (χ0n) is 8.14. The van der Waals surface area contributed by atoms with Crippen LogP contribution in [-0.4, -0.2) is 18.5 Å². The SMILES string of the molecule is COCc1cccc(C(O)CC=O)c1. The van der Waals surface area contributed by atoms with Crippen LogP contribution in [0.25, 0.3) is 0 Å². The van der Waals surface area contributed by atoms with Crippen molar-refractivity contribution < 1.29 is 14.6 Å². The van der Waals surface area contributed by atoms with Crippen molar-refractivity contribution in [1.82, 2.24) is 0 Å². The van der Waals surface area contributed by atoms with E-state index in [1.54, 1.807) is 13.2 Å². The molecular weight excluding hydrogens is 180 g/mol. The third-order valence-corrected chi connectivity index (χ3v) is 1.97. The summed E-state index contributed by atoms with van der Waals surface area (Å²) in [7, 11) is 1.62. The number of methoxy groups -OCH3 is 1. The summed E-state index contributed by atoms with van der Waals surface area (Å²) in [5, 5.41) is 9.54. The van der Waals surface area contributed by atoms with E-state index < -0.39 is 6.10 Å². The van der Waals surface area contributed by atoms with Crippen molar-refractivity contribution in [2.45, 2.75) is 19.1 Å². The molecule has 1 aromatic rings. The standard InChI is InChI=1S/C11H14O3/c1-14-8-9-3-2-4-10(7-9)11(13)5-6-12/h2-4,6-7,11,13H,5,8H2,1H3. The van der Waals surface area contributed by atoms with Crippen molar-refractivity contribution in [3.05, 3.63) is 35.4 Å². The van der Waals surface area contributed by atoms with Gasteiger partial charge in [-0.25, -0.2) is 0 Å². The van der Waals surface area contributed by atoms with Gasteiger partial charge < -0.3 is 14.6 Å². The van der Waals surface area contributed by atoms with Crippen LogP contribution in [0.4, 0.5) is 0 Å². The molecule has 0 aliphatic carbocycles. The zero-order chi connectivity index (χ0) is 10.4. The normalized spacial score (nSPS) is 12.4. The summed E-state index contributed by atoms with van der Waals surface area (Å²) < 4.78 is 4.97. The molecule has 0 heterocycles. The maximum absolute atomic E-state index is 10.2. The molecule has 1 unspecified atom stereocenters. The van der Waals surface area contributed by atoms with Gasteiger partial charge in [0.05, 0.1) is 12.7 Å². The van der Waals surface area contributed by atoms with E-state index in [2.05, 4.69) is 0 Å². The zero-order valence-corrected chi connectivity index (χ0v) is 8.14. The van der Waals surface area contributed by atoms with Crippen LogP contribution in [0.15, 0.2) is 24.3 Å². The van der Waals surface area contributed by atoms with Gasteiger partial charge in [-0.15, -0.1) is 0 Å². The van der Waals surface area contributed by atoms with Crippen LogP contribution < -0.4 is 0 Å². The summed E-state index contributed by atoms with van der Waals surface area (Å²) in [5.74, 6) is 0. The number of aldehydes is 1. The lowest BCUT2D eigenvalue weighted by Gasteiger charge is -2.08. The highest BCUT2D eigenvalue weighted by atomic mass is 16.5. The first-order chi connectivity index (χ1) is 6.77. The summed E-state index contributed by atoms with van der Waals surface area (Å²) >= 11 is 0. The summed E-state index contributed by atoms with van der Waals surface area (Å²) in [5.41, 5.74) is 1.75. The number of hydrogen-bond acceptors (Lipinski definition) is 3. The third kappa shape index (κ3) is 2.94. The van der Waals surface area contributed by atoms with Gasteiger partial charge in [-0.2, -0.15) is 0 Å². The van der Waals surface area contributed by atoms with Crippen LogP contribution in [0.2, 0.25) is 0 Å². The predicted octanol–water partition coefficient (Wildman–Crippen LogP) is 1.46. The molecule has 3 heteroatoms. The van der Waals surface area contributed by atoms with E-state index in [-0.39, 0.29) is 6.42 Å². The molecule has 0 spiro atoms. The third-order valence-electron chi connectivity index (χ3n) is 1.97. The molecule has 1 N–H and O–H groups in total. The summed E-state index contributed by atoms with van der Waals surface area (Å²) in [6, 6.07) is 7.41. The van der Waals surface area contributed by atoms with Crippen LogP contribution in [0.1, 0.15) is 23.7 Å². The number of aliphatic hydroxyl groups excluding tert-OH is 1. The predicted molar refractivity (Wildman–Crippen MR) is 52.8 cm³/mol. The first-order valence-electron chi connectivity index (χ1n) is 4.47. The molecule has 1 rings (SSSR count). The molecule has 1 atom stereocenters. The molecule has 0 bridgehead atoms. The highest BCUT2D eigenvalue weighted by Crippen LogP contribution is 2.16. The van der Waals surface area contributed by atoms with Crippen molar-refractivity contribution in [2.75, 3.05) is 7.11 Å². The van der Waals surface area contributed by atoms with E-state index >= 15 is 0 Å². The smallest absolute Gasteiger partial charge is 0.122 e. The van der Waals surface area contributed by atoms with Gasteiger partial charge in [-0.3, -0.25) is 0 Å². The van der Waals surface area contributed by atoms with E-state index in [1.807, 2.05) is 18.2 Å². The minimum absolute atomic E-state index is 0.135. The van der Waals surface area contributed by atoms with Crippen molar-refractivity contribution >= 4 is 6.29 Å². The fourth-order valence-electron chi connectivity index (χ4n) is 1.28. The summed E-state index contributed by atoms with van der Waals surface area (Å²) in [6.07, 6.45) is 0.147. The molecule has 14 heavy (non-hydrogen) atoms. The van der Waals surface area contributed by atoms with Gasteiger partial charge in [0, 0.05) is 13.5 Å². The first-order valence-corrected chi connectivity index (χ1v) is 4.47. The van der Waals surface area contributed by atoms with Crippen LogP contribution in [0.3, 0.4) is 0 Å². The quantitative estimate of drug-likeness (QED) is 0.722. The number of aliphatic hydroxyl groups is 1. The largest absolute Gasteiger partial charge is 0.388 e. The van der Waals surface area contributed by atoms with Gasteiger partial charge >= 0.3 is 0 Å². The molecule has 0 saturated heterocycles. The van der Waals surface area contributed by atoms with Gasteiger partial charge in [0.25, 0.3) is 0 Å². The van der Waals surface area contributed by atoms with Crippen LogP contribution in [0, 0.1) is 0 Å². The lowest BCUT2D eigenvalue weighted by atomic mass is 10.0. The molecule has 0 fully saturated rings. The molecule has 1 aromatic carbocycles. The topological polar surface area (TPSA) is 46.5 Å². The molecule has 0 amide bonds. The molecule has 3 nitrogen and oxygen atoms in total. The van der Waals surface area contributed by atoms with E-state index in [0.29, 0.717) is 12.9 Å². The van der Waals surface area contributed by atoms with Crippen molar-refractivity contribution in [3.63, 3.8) is 0 Å². The number of rotatable bonds is 5. The Kier molecular flexibility index (Phi) is 4.29.